The lowest BCUT2D eigenvalue weighted by molar-refractivity contribution is 0.314. The third-order valence-corrected chi connectivity index (χ3v) is 3.64. The van der Waals surface area contributed by atoms with Crippen LogP contribution >= 0.6 is 0 Å². The van der Waals surface area contributed by atoms with Gasteiger partial charge >= 0.3 is 0 Å². The van der Waals surface area contributed by atoms with Crippen molar-refractivity contribution in [2.24, 2.45) is 0 Å². The average molecular weight is 264 g/mol. The van der Waals surface area contributed by atoms with E-state index in [-0.39, 0.29) is 5.82 Å². The number of rotatable bonds is 4. The molecule has 0 spiro atoms. The molecule has 1 aliphatic heterocycles. The second kappa shape index (κ2) is 5.95. The van der Waals surface area contributed by atoms with Crippen LogP contribution in [0.4, 0.5) is 10.1 Å². The molecule has 0 aliphatic carbocycles. The maximum Gasteiger partial charge on any atom is 0.167 e. The largest absolute Gasteiger partial charge is 0.494 e. The molecule has 1 heterocycles. The van der Waals surface area contributed by atoms with E-state index in [1.54, 1.807) is 12.1 Å². The summed E-state index contributed by atoms with van der Waals surface area (Å²) in [5.41, 5.74) is 2.10. The molecule has 1 aromatic carbocycles. The summed E-state index contributed by atoms with van der Waals surface area (Å²) in [6, 6.07) is 5.14. The number of nitrogens with zero attached hydrogens (tertiary/aromatic N) is 2. The number of ether oxygens (including phenoxy) is 1. The highest BCUT2D eigenvalue weighted by atomic mass is 19.1. The molecule has 4 heteroatoms. The molecule has 3 nitrogen and oxygen atoms in total. The summed E-state index contributed by atoms with van der Waals surface area (Å²) in [6.07, 6.45) is 0.983. The highest BCUT2D eigenvalue weighted by molar-refractivity contribution is 5.50. The lowest BCUT2D eigenvalue weighted by Crippen LogP contribution is -2.45. The topological polar surface area (TPSA) is 15.7 Å². The van der Waals surface area contributed by atoms with Crippen molar-refractivity contribution in [2.75, 3.05) is 38.2 Å². The van der Waals surface area contributed by atoms with Gasteiger partial charge in [-0.1, -0.05) is 13.5 Å². The van der Waals surface area contributed by atoms with E-state index in [9.17, 15) is 4.39 Å². The molecule has 1 saturated heterocycles. The molecule has 0 saturated carbocycles. The second-order valence-corrected chi connectivity index (χ2v) is 4.71. The number of piperazine rings is 1. The van der Waals surface area contributed by atoms with Gasteiger partial charge in [-0.2, -0.15) is 0 Å². The molecule has 2 rings (SSSR count). The van der Waals surface area contributed by atoms with Gasteiger partial charge in [0.2, 0.25) is 0 Å². The Labute approximate surface area is 114 Å². The predicted molar refractivity (Wildman–Crippen MR) is 76.2 cm³/mol. The molecular formula is C15H21FN2O. The quantitative estimate of drug-likeness (QED) is 0.831. The minimum atomic E-state index is -0.305. The zero-order chi connectivity index (χ0) is 13.8. The van der Waals surface area contributed by atoms with Crippen molar-refractivity contribution in [1.29, 1.82) is 0 Å². The Balaban J connectivity index is 2.01. The number of anilines is 1. The zero-order valence-corrected chi connectivity index (χ0v) is 11.7. The fraction of sp³-hybridized carbons (Fsp3) is 0.467. The van der Waals surface area contributed by atoms with Crippen LogP contribution in [0, 0.1) is 5.82 Å². The molecule has 0 unspecified atom stereocenters. The summed E-state index contributed by atoms with van der Waals surface area (Å²) in [5.74, 6) is -0.0119. The van der Waals surface area contributed by atoms with E-state index >= 15 is 0 Å². The number of benzene rings is 1. The summed E-state index contributed by atoms with van der Waals surface area (Å²) in [4.78, 5) is 4.50. The number of halogens is 1. The van der Waals surface area contributed by atoms with Crippen molar-refractivity contribution >= 4 is 5.69 Å². The van der Waals surface area contributed by atoms with Crippen molar-refractivity contribution in [3.63, 3.8) is 0 Å². The van der Waals surface area contributed by atoms with Crippen LogP contribution in [0.5, 0.6) is 5.75 Å². The molecule has 1 fully saturated rings. The predicted octanol–water partition coefficient (Wildman–Crippen LogP) is 2.88. The summed E-state index contributed by atoms with van der Waals surface area (Å²) in [5, 5.41) is 0. The van der Waals surface area contributed by atoms with Gasteiger partial charge in [0.25, 0.3) is 0 Å². The molecule has 0 aromatic heterocycles. The normalized spacial score (nSPS) is 15.5. The molecule has 104 valence electrons. The molecule has 0 N–H and O–H groups in total. The zero-order valence-electron chi connectivity index (χ0n) is 11.7. The van der Waals surface area contributed by atoms with E-state index in [4.69, 9.17) is 4.74 Å². The molecule has 1 aliphatic rings. The smallest absolute Gasteiger partial charge is 0.167 e. The van der Waals surface area contributed by atoms with Crippen LogP contribution in [0.2, 0.25) is 0 Å². The molecular weight excluding hydrogens is 243 g/mol. The van der Waals surface area contributed by atoms with Crippen molar-refractivity contribution in [1.82, 2.24) is 4.90 Å². The Morgan fingerprint density at radius 3 is 2.53 bits per heavy atom. The summed E-state index contributed by atoms with van der Waals surface area (Å²) in [7, 11) is 1.48. The van der Waals surface area contributed by atoms with E-state index in [0.717, 1.165) is 38.3 Å². The third kappa shape index (κ3) is 3.00. The molecule has 19 heavy (non-hydrogen) atoms. The molecule has 0 radical (unpaired) electrons. The van der Waals surface area contributed by atoms with E-state index in [0.29, 0.717) is 5.75 Å². The van der Waals surface area contributed by atoms with Crippen LogP contribution in [0.1, 0.15) is 13.3 Å². The Bertz CT molecular complexity index is 453. The molecule has 0 atom stereocenters. The average Bonchev–Trinajstić information content (AvgIpc) is 2.46. The van der Waals surface area contributed by atoms with Crippen LogP contribution in [0.15, 0.2) is 30.5 Å². The van der Waals surface area contributed by atoms with Gasteiger partial charge in [0.05, 0.1) is 7.11 Å². The van der Waals surface area contributed by atoms with E-state index < -0.39 is 0 Å². The molecule has 0 bridgehead atoms. The van der Waals surface area contributed by atoms with Gasteiger partial charge in [-0.05, 0) is 18.6 Å². The van der Waals surface area contributed by atoms with Gasteiger partial charge in [-0.25, -0.2) is 4.39 Å². The fourth-order valence-corrected chi connectivity index (χ4v) is 2.36. The maximum absolute atomic E-state index is 13.7. The highest BCUT2D eigenvalue weighted by Crippen LogP contribution is 2.24. The van der Waals surface area contributed by atoms with Gasteiger partial charge in [0.15, 0.2) is 11.6 Å². The van der Waals surface area contributed by atoms with Crippen LogP contribution in [0.3, 0.4) is 0 Å². The monoisotopic (exact) mass is 264 g/mol. The van der Waals surface area contributed by atoms with Crippen molar-refractivity contribution in [3.05, 3.63) is 36.3 Å². The first kappa shape index (κ1) is 13.7. The van der Waals surface area contributed by atoms with Crippen molar-refractivity contribution in [2.45, 2.75) is 13.3 Å². The van der Waals surface area contributed by atoms with Gasteiger partial charge in [-0.15, -0.1) is 0 Å². The number of hydrogen-bond acceptors (Lipinski definition) is 3. The minimum Gasteiger partial charge on any atom is -0.494 e. The molecule has 1 aromatic rings. The molecule has 0 amide bonds. The minimum absolute atomic E-state index is 0.293. The van der Waals surface area contributed by atoms with Gasteiger partial charge in [0.1, 0.15) is 0 Å². The first-order chi connectivity index (χ1) is 9.15. The van der Waals surface area contributed by atoms with Gasteiger partial charge in [0, 0.05) is 43.6 Å². The summed E-state index contributed by atoms with van der Waals surface area (Å²) in [6.45, 7) is 9.86. The lowest BCUT2D eigenvalue weighted by atomic mass is 10.2. The summed E-state index contributed by atoms with van der Waals surface area (Å²) >= 11 is 0. The van der Waals surface area contributed by atoms with Crippen LogP contribution < -0.4 is 9.64 Å². The highest BCUT2D eigenvalue weighted by Gasteiger charge is 2.18. The maximum atomic E-state index is 13.7. The van der Waals surface area contributed by atoms with Crippen molar-refractivity contribution < 1.29 is 9.13 Å². The van der Waals surface area contributed by atoms with E-state index in [1.165, 1.54) is 12.8 Å². The first-order valence-corrected chi connectivity index (χ1v) is 6.67. The standard InChI is InChI=1S/C15H21FN2O/c1-4-12(2)17-7-9-18(10-8-17)13-5-6-15(19-3)14(16)11-13/h5-6,11H,2,4,7-10H2,1,3H3. The first-order valence-electron chi connectivity index (χ1n) is 6.67. The van der Waals surface area contributed by atoms with Gasteiger partial charge < -0.3 is 14.5 Å². The van der Waals surface area contributed by atoms with Crippen LogP contribution in [0.25, 0.3) is 0 Å². The third-order valence-electron chi connectivity index (χ3n) is 3.64. The Hall–Kier alpha value is -1.71. The Morgan fingerprint density at radius 2 is 2.00 bits per heavy atom. The van der Waals surface area contributed by atoms with Gasteiger partial charge in [-0.3, -0.25) is 0 Å². The Morgan fingerprint density at radius 1 is 1.32 bits per heavy atom. The van der Waals surface area contributed by atoms with E-state index in [1.807, 2.05) is 6.07 Å². The van der Waals surface area contributed by atoms with Crippen molar-refractivity contribution in [3.8, 4) is 5.75 Å². The van der Waals surface area contributed by atoms with Crippen LogP contribution in [-0.4, -0.2) is 38.2 Å². The lowest BCUT2D eigenvalue weighted by Gasteiger charge is -2.38. The number of hydrogen-bond donors (Lipinski definition) is 0. The van der Waals surface area contributed by atoms with E-state index in [2.05, 4.69) is 23.3 Å². The summed E-state index contributed by atoms with van der Waals surface area (Å²) < 4.78 is 18.6. The van der Waals surface area contributed by atoms with Crippen LogP contribution in [-0.2, 0) is 0 Å². The second-order valence-electron chi connectivity index (χ2n) is 4.71. The number of allylic oxidation sites excluding steroid dienone is 1. The fourth-order valence-electron chi connectivity index (χ4n) is 2.36. The Kier molecular flexibility index (Phi) is 4.30. The number of methoxy groups -OCH3 is 1. The SMILES string of the molecule is C=C(CC)N1CCN(c2ccc(OC)c(F)c2)CC1.